The SMILES string of the molecule is CN1CCc2cc(/C=C3\CCCN=C3c3cccnc3)ccc21. The van der Waals surface area contributed by atoms with Gasteiger partial charge in [0.05, 0.1) is 5.71 Å². The minimum atomic E-state index is 0.913. The summed E-state index contributed by atoms with van der Waals surface area (Å²) in [6.45, 7) is 2.04. The van der Waals surface area contributed by atoms with Crippen LogP contribution in [0.3, 0.4) is 0 Å². The highest BCUT2D eigenvalue weighted by Crippen LogP contribution is 2.29. The van der Waals surface area contributed by atoms with Crippen LogP contribution in [0.2, 0.25) is 0 Å². The van der Waals surface area contributed by atoms with Crippen LogP contribution in [0.5, 0.6) is 0 Å². The number of pyridine rings is 1. The predicted molar refractivity (Wildman–Crippen MR) is 96.3 cm³/mol. The van der Waals surface area contributed by atoms with Gasteiger partial charge in [-0.05, 0) is 66.3 Å². The third-order valence-corrected chi connectivity index (χ3v) is 4.69. The predicted octanol–water partition coefficient (Wildman–Crippen LogP) is 3.74. The summed E-state index contributed by atoms with van der Waals surface area (Å²) < 4.78 is 0. The van der Waals surface area contributed by atoms with Gasteiger partial charge in [0, 0.05) is 43.8 Å². The molecule has 0 unspecified atom stereocenters. The van der Waals surface area contributed by atoms with E-state index in [9.17, 15) is 0 Å². The third-order valence-electron chi connectivity index (χ3n) is 4.69. The largest absolute Gasteiger partial charge is 0.374 e. The van der Waals surface area contributed by atoms with Gasteiger partial charge in [-0.25, -0.2) is 0 Å². The van der Waals surface area contributed by atoms with Crippen LogP contribution in [0.25, 0.3) is 6.08 Å². The van der Waals surface area contributed by atoms with Crippen molar-refractivity contribution in [2.24, 2.45) is 4.99 Å². The number of likely N-dealkylation sites (N-methyl/N-ethyl adjacent to an activating group) is 1. The van der Waals surface area contributed by atoms with E-state index in [-0.39, 0.29) is 0 Å². The molecular weight excluding hydrogens is 282 g/mol. The zero-order valence-electron chi connectivity index (χ0n) is 13.5. The van der Waals surface area contributed by atoms with Crippen LogP contribution in [-0.2, 0) is 6.42 Å². The smallest absolute Gasteiger partial charge is 0.0694 e. The fourth-order valence-electron chi connectivity index (χ4n) is 3.48. The number of hydrogen-bond donors (Lipinski definition) is 0. The molecule has 2 aromatic rings. The van der Waals surface area contributed by atoms with E-state index in [1.807, 2.05) is 18.5 Å². The van der Waals surface area contributed by atoms with Gasteiger partial charge >= 0.3 is 0 Å². The van der Waals surface area contributed by atoms with Gasteiger partial charge in [0.25, 0.3) is 0 Å². The highest BCUT2D eigenvalue weighted by atomic mass is 15.1. The van der Waals surface area contributed by atoms with E-state index in [0.717, 1.165) is 43.6 Å². The summed E-state index contributed by atoms with van der Waals surface area (Å²) in [4.78, 5) is 11.3. The first-order chi connectivity index (χ1) is 11.3. The van der Waals surface area contributed by atoms with Crippen LogP contribution < -0.4 is 4.90 Å². The van der Waals surface area contributed by atoms with Gasteiger partial charge < -0.3 is 4.90 Å². The summed E-state index contributed by atoms with van der Waals surface area (Å²) >= 11 is 0. The molecule has 3 heterocycles. The van der Waals surface area contributed by atoms with Crippen LogP contribution >= 0.6 is 0 Å². The second-order valence-corrected chi connectivity index (χ2v) is 6.30. The van der Waals surface area contributed by atoms with E-state index in [4.69, 9.17) is 4.99 Å². The number of anilines is 1. The second-order valence-electron chi connectivity index (χ2n) is 6.30. The molecule has 1 aromatic carbocycles. The van der Waals surface area contributed by atoms with Crippen LogP contribution in [0.4, 0.5) is 5.69 Å². The molecule has 4 rings (SSSR count). The van der Waals surface area contributed by atoms with Crippen molar-refractivity contribution in [3.05, 3.63) is 65.0 Å². The zero-order chi connectivity index (χ0) is 15.6. The molecule has 0 spiro atoms. The van der Waals surface area contributed by atoms with Crippen molar-refractivity contribution in [2.75, 3.05) is 25.0 Å². The molecule has 23 heavy (non-hydrogen) atoms. The number of aromatic nitrogens is 1. The number of aliphatic imine (C=N–C) groups is 1. The summed E-state index contributed by atoms with van der Waals surface area (Å²) in [7, 11) is 2.16. The topological polar surface area (TPSA) is 28.5 Å². The first-order valence-corrected chi connectivity index (χ1v) is 8.31. The minimum absolute atomic E-state index is 0.913. The average Bonchev–Trinajstić information content (AvgIpc) is 2.97. The molecule has 0 bridgehead atoms. The monoisotopic (exact) mass is 303 g/mol. The average molecular weight is 303 g/mol. The Morgan fingerprint density at radius 3 is 3.00 bits per heavy atom. The molecule has 0 fully saturated rings. The lowest BCUT2D eigenvalue weighted by Gasteiger charge is -2.17. The number of hydrogen-bond acceptors (Lipinski definition) is 3. The van der Waals surface area contributed by atoms with Crippen LogP contribution in [0, 0.1) is 0 Å². The standard InChI is InChI=1S/C20H21N3/c1-23-11-8-16-12-15(6-7-19(16)23)13-17-4-3-10-22-20(17)18-5-2-9-21-14-18/h2,5-7,9,12-14H,3-4,8,10-11H2,1H3/b17-13+. The molecule has 2 aliphatic heterocycles. The van der Waals surface area contributed by atoms with E-state index < -0.39 is 0 Å². The Labute approximate surface area is 137 Å². The molecular formula is C20H21N3. The molecule has 0 aliphatic carbocycles. The molecule has 0 saturated carbocycles. The summed E-state index contributed by atoms with van der Waals surface area (Å²) in [6, 6.07) is 10.9. The Morgan fingerprint density at radius 1 is 1.17 bits per heavy atom. The number of fused-ring (bicyclic) bond motifs is 1. The van der Waals surface area contributed by atoms with Crippen LogP contribution in [0.15, 0.2) is 53.3 Å². The molecule has 1 aromatic heterocycles. The Balaban J connectivity index is 1.70. The highest BCUT2D eigenvalue weighted by molar-refractivity contribution is 6.15. The molecule has 0 amide bonds. The van der Waals surface area contributed by atoms with E-state index >= 15 is 0 Å². The lowest BCUT2D eigenvalue weighted by molar-refractivity contribution is 0.818. The first-order valence-electron chi connectivity index (χ1n) is 8.31. The lowest BCUT2D eigenvalue weighted by Crippen LogP contribution is -2.12. The van der Waals surface area contributed by atoms with Gasteiger partial charge in [-0.3, -0.25) is 9.98 Å². The number of allylic oxidation sites excluding steroid dienone is 1. The first kappa shape index (κ1) is 14.2. The van der Waals surface area contributed by atoms with Crippen molar-refractivity contribution in [2.45, 2.75) is 19.3 Å². The molecule has 0 saturated heterocycles. The molecule has 3 nitrogen and oxygen atoms in total. The van der Waals surface area contributed by atoms with Crippen molar-refractivity contribution in [1.82, 2.24) is 4.98 Å². The van der Waals surface area contributed by atoms with Gasteiger partial charge in [0.2, 0.25) is 0 Å². The molecule has 0 atom stereocenters. The molecule has 3 heteroatoms. The van der Waals surface area contributed by atoms with E-state index in [2.05, 4.69) is 47.3 Å². The summed E-state index contributed by atoms with van der Waals surface area (Å²) in [5.41, 5.74) is 7.68. The van der Waals surface area contributed by atoms with Crippen molar-refractivity contribution in [3.63, 3.8) is 0 Å². The van der Waals surface area contributed by atoms with E-state index in [1.165, 1.54) is 22.4 Å². The second kappa shape index (κ2) is 5.99. The van der Waals surface area contributed by atoms with Crippen LogP contribution in [0.1, 0.15) is 29.5 Å². The maximum absolute atomic E-state index is 4.76. The van der Waals surface area contributed by atoms with Crippen molar-refractivity contribution in [3.8, 4) is 0 Å². The summed E-state index contributed by atoms with van der Waals surface area (Å²) in [5, 5.41) is 0. The van der Waals surface area contributed by atoms with Gasteiger partial charge in [-0.2, -0.15) is 0 Å². The van der Waals surface area contributed by atoms with Crippen molar-refractivity contribution >= 4 is 17.5 Å². The molecule has 0 N–H and O–H groups in total. The maximum atomic E-state index is 4.76. The van der Waals surface area contributed by atoms with Crippen molar-refractivity contribution in [1.29, 1.82) is 0 Å². The van der Waals surface area contributed by atoms with E-state index in [0.29, 0.717) is 0 Å². The summed E-state index contributed by atoms with van der Waals surface area (Å²) in [6.07, 6.45) is 9.40. The highest BCUT2D eigenvalue weighted by Gasteiger charge is 2.17. The number of nitrogens with zero attached hydrogens (tertiary/aromatic N) is 3. The van der Waals surface area contributed by atoms with E-state index in [1.54, 1.807) is 0 Å². The maximum Gasteiger partial charge on any atom is 0.0694 e. The Kier molecular flexibility index (Phi) is 3.70. The number of benzene rings is 1. The Hall–Kier alpha value is -2.42. The lowest BCUT2D eigenvalue weighted by atomic mass is 9.94. The molecule has 0 radical (unpaired) electrons. The van der Waals surface area contributed by atoms with Crippen molar-refractivity contribution < 1.29 is 0 Å². The number of rotatable bonds is 2. The Bertz CT molecular complexity index is 775. The van der Waals surface area contributed by atoms with Crippen LogP contribution in [-0.4, -0.2) is 30.8 Å². The Morgan fingerprint density at radius 2 is 2.13 bits per heavy atom. The normalized spacial score (nSPS) is 18.9. The molecule has 2 aliphatic rings. The zero-order valence-corrected chi connectivity index (χ0v) is 13.5. The summed E-state index contributed by atoms with van der Waals surface area (Å²) in [5.74, 6) is 0. The van der Waals surface area contributed by atoms with Gasteiger partial charge in [0.15, 0.2) is 0 Å². The fraction of sp³-hybridized carbons (Fsp3) is 0.300. The van der Waals surface area contributed by atoms with Gasteiger partial charge in [0.1, 0.15) is 0 Å². The third kappa shape index (κ3) is 2.79. The fourth-order valence-corrected chi connectivity index (χ4v) is 3.48. The van der Waals surface area contributed by atoms with Gasteiger partial charge in [-0.1, -0.05) is 6.07 Å². The van der Waals surface area contributed by atoms with Gasteiger partial charge in [-0.15, -0.1) is 0 Å². The quantitative estimate of drug-likeness (QED) is 0.845. The minimum Gasteiger partial charge on any atom is -0.374 e. The molecule has 116 valence electrons.